The first-order valence-electron chi connectivity index (χ1n) is 21.1. The predicted molar refractivity (Wildman–Crippen MR) is 256 cm³/mol. The molecule has 2 aliphatic rings. The number of fused-ring (bicyclic) bond motifs is 13. The Kier molecular flexibility index (Phi) is 7.69. The molecule has 0 amide bonds. The van der Waals surface area contributed by atoms with E-state index in [4.69, 9.17) is 15.0 Å². The SMILES string of the molecule is c1ccc(-c2nc(-c3cccc(-c4ccc5c(c4)-c4ccccc4C54c5ccccc5-c5ccccc54)c3)nc(-c3ccccc3-c3cccc4sc5ccccc5c34)n2)cc1. The Bertz CT molecular complexity index is 3560. The molecule has 13 rings (SSSR count). The van der Waals surface area contributed by atoms with Crippen molar-refractivity contribution < 1.29 is 0 Å². The van der Waals surface area contributed by atoms with Crippen molar-refractivity contribution in [1.82, 2.24) is 15.0 Å². The fraction of sp³-hybridized carbons (Fsp3) is 0.0172. The fourth-order valence-corrected chi connectivity index (χ4v) is 11.5. The summed E-state index contributed by atoms with van der Waals surface area (Å²) in [4.78, 5) is 15.7. The van der Waals surface area contributed by atoms with E-state index in [2.05, 4.69) is 194 Å². The Morgan fingerprint density at radius 2 is 0.774 bits per heavy atom. The molecular weight excluding hydrogens is 771 g/mol. The van der Waals surface area contributed by atoms with Crippen molar-refractivity contribution in [2.45, 2.75) is 5.41 Å². The molecule has 3 nitrogen and oxygen atoms in total. The first-order valence-corrected chi connectivity index (χ1v) is 21.9. The second kappa shape index (κ2) is 13.6. The molecule has 2 aromatic heterocycles. The predicted octanol–water partition coefficient (Wildman–Crippen LogP) is 14.9. The standard InChI is InChI=1S/C58H35N3S/c1-2-16-36(17-3-1)55-59-56(61-57(60-55)45-24-5-4-20-40(45)44-26-15-31-53-54(44)46-25-9-13-30-52(46)62-53)39-19-14-18-37(34-39)38-32-33-51-47(35-38)43-23-8-12-29-50(43)58(51)48-27-10-6-21-41(48)42-22-7-11-28-49(42)58/h1-35H. The number of nitrogens with zero attached hydrogens (tertiary/aromatic N) is 3. The highest BCUT2D eigenvalue weighted by molar-refractivity contribution is 7.25. The van der Waals surface area contributed by atoms with Crippen molar-refractivity contribution in [3.8, 4) is 78.7 Å². The molecule has 0 saturated heterocycles. The van der Waals surface area contributed by atoms with E-state index in [-0.39, 0.29) is 5.41 Å². The van der Waals surface area contributed by atoms with Gasteiger partial charge in [-0.2, -0.15) is 0 Å². The lowest BCUT2D eigenvalue weighted by Gasteiger charge is -2.30. The number of hydrogen-bond acceptors (Lipinski definition) is 4. The van der Waals surface area contributed by atoms with Crippen molar-refractivity contribution in [1.29, 1.82) is 0 Å². The van der Waals surface area contributed by atoms with Crippen LogP contribution in [0.1, 0.15) is 22.3 Å². The third-order valence-electron chi connectivity index (χ3n) is 13.0. The minimum atomic E-state index is -0.368. The van der Waals surface area contributed by atoms with Gasteiger partial charge in [0, 0.05) is 36.9 Å². The van der Waals surface area contributed by atoms with E-state index >= 15 is 0 Å². The maximum atomic E-state index is 5.31. The van der Waals surface area contributed by atoms with Gasteiger partial charge in [-0.05, 0) is 91.0 Å². The largest absolute Gasteiger partial charge is 0.208 e. The van der Waals surface area contributed by atoms with Gasteiger partial charge in [0.2, 0.25) is 0 Å². The van der Waals surface area contributed by atoms with Crippen LogP contribution in [0.3, 0.4) is 0 Å². The van der Waals surface area contributed by atoms with Crippen molar-refractivity contribution in [2.24, 2.45) is 0 Å². The average Bonchev–Trinajstić information content (AvgIpc) is 3.98. The highest BCUT2D eigenvalue weighted by Crippen LogP contribution is 2.63. The molecule has 0 atom stereocenters. The Hall–Kier alpha value is -7.79. The maximum Gasteiger partial charge on any atom is 0.164 e. The molecule has 0 aliphatic heterocycles. The van der Waals surface area contributed by atoms with E-state index in [9.17, 15) is 0 Å². The van der Waals surface area contributed by atoms with Crippen LogP contribution in [0, 0.1) is 0 Å². The van der Waals surface area contributed by atoms with Crippen LogP contribution in [0.5, 0.6) is 0 Å². The van der Waals surface area contributed by atoms with Crippen LogP contribution in [0.2, 0.25) is 0 Å². The number of rotatable bonds is 5. The van der Waals surface area contributed by atoms with E-state index in [0.717, 1.165) is 33.4 Å². The van der Waals surface area contributed by atoms with Gasteiger partial charge in [0.1, 0.15) is 0 Å². The number of hydrogen-bond donors (Lipinski definition) is 0. The number of benzene rings is 9. The van der Waals surface area contributed by atoms with Crippen LogP contribution < -0.4 is 0 Å². The normalized spacial score (nSPS) is 13.0. The molecule has 2 heterocycles. The first-order chi connectivity index (χ1) is 30.7. The van der Waals surface area contributed by atoms with Crippen LogP contribution >= 0.6 is 11.3 Å². The maximum absolute atomic E-state index is 5.31. The summed E-state index contributed by atoms with van der Waals surface area (Å²) >= 11 is 1.83. The Morgan fingerprint density at radius 1 is 0.290 bits per heavy atom. The molecule has 0 bridgehead atoms. The van der Waals surface area contributed by atoms with E-state index < -0.39 is 0 Å². The van der Waals surface area contributed by atoms with Gasteiger partial charge in [-0.1, -0.05) is 188 Å². The Labute approximate surface area is 363 Å². The van der Waals surface area contributed by atoms with Crippen LogP contribution in [-0.2, 0) is 5.41 Å². The molecule has 9 aromatic carbocycles. The second-order valence-corrected chi connectivity index (χ2v) is 17.3. The zero-order valence-electron chi connectivity index (χ0n) is 33.5. The van der Waals surface area contributed by atoms with Crippen molar-refractivity contribution in [3.05, 3.63) is 235 Å². The third kappa shape index (κ3) is 5.08. The molecular formula is C58H35N3S. The van der Waals surface area contributed by atoms with Gasteiger partial charge >= 0.3 is 0 Å². The van der Waals surface area contributed by atoms with Gasteiger partial charge in [0.05, 0.1) is 5.41 Å². The van der Waals surface area contributed by atoms with Crippen LogP contribution in [0.25, 0.3) is 98.8 Å². The Balaban J connectivity index is 0.965. The van der Waals surface area contributed by atoms with Crippen molar-refractivity contribution in [3.63, 3.8) is 0 Å². The lowest BCUT2D eigenvalue weighted by molar-refractivity contribution is 0.794. The van der Waals surface area contributed by atoms with Crippen molar-refractivity contribution in [2.75, 3.05) is 0 Å². The molecule has 0 saturated carbocycles. The van der Waals surface area contributed by atoms with Gasteiger partial charge in [-0.25, -0.2) is 15.0 Å². The quantitative estimate of drug-likeness (QED) is 0.174. The van der Waals surface area contributed by atoms with Crippen LogP contribution in [0.15, 0.2) is 212 Å². The summed E-state index contributed by atoms with van der Waals surface area (Å²) in [6.07, 6.45) is 0. The monoisotopic (exact) mass is 805 g/mol. The number of aromatic nitrogens is 3. The van der Waals surface area contributed by atoms with Gasteiger partial charge < -0.3 is 0 Å². The summed E-state index contributed by atoms with van der Waals surface area (Å²) in [5.74, 6) is 1.92. The molecule has 1 spiro atoms. The second-order valence-electron chi connectivity index (χ2n) is 16.2. The number of thiophene rings is 1. The Morgan fingerprint density at radius 3 is 1.52 bits per heavy atom. The summed E-state index contributed by atoms with van der Waals surface area (Å²) < 4.78 is 2.54. The molecule has 288 valence electrons. The molecule has 0 N–H and O–H groups in total. The van der Waals surface area contributed by atoms with Crippen LogP contribution in [-0.4, -0.2) is 15.0 Å². The topological polar surface area (TPSA) is 38.7 Å². The zero-order chi connectivity index (χ0) is 40.8. The van der Waals surface area contributed by atoms with E-state index in [0.29, 0.717) is 17.5 Å². The fourth-order valence-electron chi connectivity index (χ4n) is 10.4. The zero-order valence-corrected chi connectivity index (χ0v) is 34.3. The molecule has 11 aromatic rings. The minimum absolute atomic E-state index is 0.368. The molecule has 0 radical (unpaired) electrons. The summed E-state index contributed by atoms with van der Waals surface area (Å²) in [6, 6.07) is 76.7. The van der Waals surface area contributed by atoms with Crippen LogP contribution in [0.4, 0.5) is 0 Å². The van der Waals surface area contributed by atoms with E-state index in [1.807, 2.05) is 29.5 Å². The van der Waals surface area contributed by atoms with E-state index in [1.54, 1.807) is 0 Å². The summed E-state index contributed by atoms with van der Waals surface area (Å²) in [7, 11) is 0. The van der Waals surface area contributed by atoms with Gasteiger partial charge in [0.15, 0.2) is 17.5 Å². The van der Waals surface area contributed by atoms with Gasteiger partial charge in [-0.15, -0.1) is 11.3 Å². The molecule has 4 heteroatoms. The van der Waals surface area contributed by atoms with Crippen molar-refractivity contribution >= 4 is 31.5 Å². The highest BCUT2D eigenvalue weighted by Gasteiger charge is 2.51. The first kappa shape index (κ1) is 35.0. The lowest BCUT2D eigenvalue weighted by Crippen LogP contribution is -2.25. The van der Waals surface area contributed by atoms with Gasteiger partial charge in [-0.3, -0.25) is 0 Å². The molecule has 0 unspecified atom stereocenters. The summed E-state index contributed by atoms with van der Waals surface area (Å²) in [6.45, 7) is 0. The summed E-state index contributed by atoms with van der Waals surface area (Å²) in [5.41, 5.74) is 17.5. The minimum Gasteiger partial charge on any atom is -0.208 e. The third-order valence-corrected chi connectivity index (χ3v) is 14.1. The molecule has 2 aliphatic carbocycles. The molecule has 62 heavy (non-hydrogen) atoms. The highest BCUT2D eigenvalue weighted by atomic mass is 32.1. The van der Waals surface area contributed by atoms with E-state index in [1.165, 1.54) is 70.2 Å². The lowest BCUT2D eigenvalue weighted by atomic mass is 9.70. The molecule has 0 fully saturated rings. The van der Waals surface area contributed by atoms with Gasteiger partial charge in [0.25, 0.3) is 0 Å². The average molecular weight is 806 g/mol. The smallest absolute Gasteiger partial charge is 0.164 e. The summed E-state index contributed by atoms with van der Waals surface area (Å²) in [5, 5.41) is 2.52.